The van der Waals surface area contributed by atoms with Gasteiger partial charge < -0.3 is 4.74 Å². The summed E-state index contributed by atoms with van der Waals surface area (Å²) in [5, 5.41) is 9.07. The van der Waals surface area contributed by atoms with Gasteiger partial charge in [0.15, 0.2) is 0 Å². The van der Waals surface area contributed by atoms with Crippen molar-refractivity contribution in [3.05, 3.63) is 46.2 Å². The van der Waals surface area contributed by atoms with E-state index in [1.165, 1.54) is 18.2 Å². The molecule has 0 unspecified atom stereocenters. The molecular weight excluding hydrogens is 328 g/mol. The normalized spacial score (nSPS) is 11.0. The maximum Gasteiger partial charge on any atom is 0.573 e. The number of rotatable bonds is 2. The molecule has 0 saturated heterocycles. The number of hydrogen-bond donors (Lipinski definition) is 0. The molecule has 3 nitrogen and oxygen atoms in total. The van der Waals surface area contributed by atoms with Crippen LogP contribution in [0.5, 0.6) is 5.75 Å². The van der Waals surface area contributed by atoms with Gasteiger partial charge in [-0.05, 0) is 23.8 Å². The molecule has 0 aliphatic heterocycles. The van der Waals surface area contributed by atoms with Crippen molar-refractivity contribution in [2.24, 2.45) is 0 Å². The zero-order chi connectivity index (χ0) is 15.6. The van der Waals surface area contributed by atoms with E-state index in [9.17, 15) is 13.2 Å². The molecule has 0 bridgehead atoms. The Morgan fingerprint density at radius 2 is 1.76 bits per heavy atom. The second-order valence-corrected chi connectivity index (χ2v) is 4.59. The second-order valence-electron chi connectivity index (χ2n) is 3.84. The molecular formula is C13H5Cl2F3N2O. The fraction of sp³-hybridized carbons (Fsp3) is 0.0769. The Bertz CT molecular complexity index is 709. The number of benzene rings is 1. The van der Waals surface area contributed by atoms with Crippen LogP contribution in [0, 0.1) is 11.3 Å². The number of alkyl halides is 3. The van der Waals surface area contributed by atoms with Crippen molar-refractivity contribution in [1.82, 2.24) is 4.98 Å². The van der Waals surface area contributed by atoms with Crippen LogP contribution < -0.4 is 4.74 Å². The molecule has 0 saturated carbocycles. The Labute approximate surface area is 127 Å². The highest BCUT2D eigenvalue weighted by Crippen LogP contribution is 2.32. The second kappa shape index (κ2) is 5.80. The van der Waals surface area contributed by atoms with E-state index in [1.807, 2.05) is 6.07 Å². The molecule has 0 aliphatic carbocycles. The SMILES string of the molecule is N#Cc1c(-c2ccc(OC(F)(F)F)cc2)cc(Cl)nc1Cl. The summed E-state index contributed by atoms with van der Waals surface area (Å²) >= 11 is 11.6. The van der Waals surface area contributed by atoms with Crippen molar-refractivity contribution < 1.29 is 17.9 Å². The zero-order valence-electron chi connectivity index (χ0n) is 10.1. The van der Waals surface area contributed by atoms with Crippen LogP contribution in [0.4, 0.5) is 13.2 Å². The first-order valence-corrected chi connectivity index (χ1v) is 6.18. The van der Waals surface area contributed by atoms with Crippen molar-refractivity contribution in [3.8, 4) is 22.9 Å². The van der Waals surface area contributed by atoms with Crippen LogP contribution in [-0.4, -0.2) is 11.3 Å². The minimum absolute atomic E-state index is 0.0735. The highest BCUT2D eigenvalue weighted by Gasteiger charge is 2.31. The van der Waals surface area contributed by atoms with Crippen LogP contribution in [0.15, 0.2) is 30.3 Å². The molecule has 8 heteroatoms. The Morgan fingerprint density at radius 3 is 2.29 bits per heavy atom. The average molecular weight is 333 g/mol. The number of aromatic nitrogens is 1. The number of ether oxygens (including phenoxy) is 1. The van der Waals surface area contributed by atoms with Crippen molar-refractivity contribution >= 4 is 23.2 Å². The Balaban J connectivity index is 2.42. The van der Waals surface area contributed by atoms with Gasteiger partial charge in [-0.2, -0.15) is 5.26 Å². The van der Waals surface area contributed by atoms with E-state index in [-0.39, 0.29) is 21.6 Å². The topological polar surface area (TPSA) is 45.9 Å². The number of nitrogens with zero attached hydrogens (tertiary/aromatic N) is 2. The molecule has 2 aromatic rings. The summed E-state index contributed by atoms with van der Waals surface area (Å²) in [4.78, 5) is 3.73. The molecule has 0 amide bonds. The Hall–Kier alpha value is -1.97. The minimum atomic E-state index is -4.76. The number of hydrogen-bond acceptors (Lipinski definition) is 3. The van der Waals surface area contributed by atoms with Gasteiger partial charge in [-0.15, -0.1) is 13.2 Å². The monoisotopic (exact) mass is 332 g/mol. The summed E-state index contributed by atoms with van der Waals surface area (Å²) in [6.45, 7) is 0. The van der Waals surface area contributed by atoms with Crippen LogP contribution in [0.1, 0.15) is 5.56 Å². The number of pyridine rings is 1. The van der Waals surface area contributed by atoms with E-state index in [0.29, 0.717) is 11.1 Å². The molecule has 0 aliphatic rings. The van der Waals surface area contributed by atoms with Gasteiger partial charge in [0.25, 0.3) is 0 Å². The molecule has 1 heterocycles. The molecule has 0 atom stereocenters. The fourth-order valence-corrected chi connectivity index (χ4v) is 2.13. The van der Waals surface area contributed by atoms with Crippen molar-refractivity contribution in [2.75, 3.05) is 0 Å². The average Bonchev–Trinajstić information content (AvgIpc) is 2.37. The highest BCUT2D eigenvalue weighted by atomic mass is 35.5. The zero-order valence-corrected chi connectivity index (χ0v) is 11.6. The molecule has 108 valence electrons. The third kappa shape index (κ3) is 3.78. The summed E-state index contributed by atoms with van der Waals surface area (Å²) in [7, 11) is 0. The van der Waals surface area contributed by atoms with Gasteiger partial charge in [-0.1, -0.05) is 35.3 Å². The van der Waals surface area contributed by atoms with Crippen LogP contribution in [0.2, 0.25) is 10.3 Å². The van der Waals surface area contributed by atoms with Gasteiger partial charge >= 0.3 is 6.36 Å². The van der Waals surface area contributed by atoms with E-state index in [2.05, 4.69) is 9.72 Å². The lowest BCUT2D eigenvalue weighted by molar-refractivity contribution is -0.274. The quantitative estimate of drug-likeness (QED) is 0.740. The summed E-state index contributed by atoms with van der Waals surface area (Å²) in [6, 6.07) is 8.28. The van der Waals surface area contributed by atoms with E-state index in [1.54, 1.807) is 0 Å². The lowest BCUT2D eigenvalue weighted by Crippen LogP contribution is -2.16. The lowest BCUT2D eigenvalue weighted by Gasteiger charge is -2.10. The predicted octanol–water partition coefficient (Wildman–Crippen LogP) is 4.83. The van der Waals surface area contributed by atoms with Gasteiger partial charge in [-0.25, -0.2) is 4.98 Å². The maximum absolute atomic E-state index is 12.1. The third-order valence-electron chi connectivity index (χ3n) is 2.45. The predicted molar refractivity (Wildman–Crippen MR) is 71.1 cm³/mol. The molecule has 0 radical (unpaired) electrons. The molecule has 21 heavy (non-hydrogen) atoms. The van der Waals surface area contributed by atoms with E-state index in [4.69, 9.17) is 28.5 Å². The lowest BCUT2D eigenvalue weighted by atomic mass is 10.0. The van der Waals surface area contributed by atoms with Gasteiger partial charge in [0.1, 0.15) is 22.1 Å². The van der Waals surface area contributed by atoms with Gasteiger partial charge in [-0.3, -0.25) is 0 Å². The van der Waals surface area contributed by atoms with Crippen LogP contribution in [0.25, 0.3) is 11.1 Å². The first-order valence-electron chi connectivity index (χ1n) is 5.42. The van der Waals surface area contributed by atoms with Crippen molar-refractivity contribution in [1.29, 1.82) is 5.26 Å². The largest absolute Gasteiger partial charge is 0.573 e. The smallest absolute Gasteiger partial charge is 0.406 e. The summed E-state index contributed by atoms with van der Waals surface area (Å²) in [5.41, 5.74) is 0.930. The molecule has 1 aromatic carbocycles. The van der Waals surface area contributed by atoms with Crippen molar-refractivity contribution in [3.63, 3.8) is 0 Å². The van der Waals surface area contributed by atoms with E-state index >= 15 is 0 Å². The summed E-state index contributed by atoms with van der Waals surface area (Å²) < 4.78 is 40.0. The molecule has 0 fully saturated rings. The number of halogens is 5. The fourth-order valence-electron chi connectivity index (χ4n) is 1.65. The molecule has 0 spiro atoms. The first kappa shape index (κ1) is 15.4. The van der Waals surface area contributed by atoms with Crippen LogP contribution in [0.3, 0.4) is 0 Å². The van der Waals surface area contributed by atoms with Crippen LogP contribution in [-0.2, 0) is 0 Å². The standard InChI is InChI=1S/C13H5Cl2F3N2O/c14-11-5-9(10(6-19)12(15)20-11)7-1-3-8(4-2-7)21-13(16,17)18/h1-5H. The van der Waals surface area contributed by atoms with Crippen LogP contribution >= 0.6 is 23.2 Å². The Morgan fingerprint density at radius 1 is 1.14 bits per heavy atom. The summed E-state index contributed by atoms with van der Waals surface area (Å²) in [6.07, 6.45) is -4.76. The highest BCUT2D eigenvalue weighted by molar-refractivity contribution is 6.33. The molecule has 0 N–H and O–H groups in total. The first-order chi connectivity index (χ1) is 9.80. The minimum Gasteiger partial charge on any atom is -0.406 e. The number of nitriles is 1. The maximum atomic E-state index is 12.1. The van der Waals surface area contributed by atoms with Gasteiger partial charge in [0, 0.05) is 5.56 Å². The van der Waals surface area contributed by atoms with E-state index < -0.39 is 6.36 Å². The third-order valence-corrected chi connectivity index (χ3v) is 2.92. The molecule has 1 aromatic heterocycles. The van der Waals surface area contributed by atoms with Gasteiger partial charge in [0.05, 0.1) is 5.56 Å². The van der Waals surface area contributed by atoms with E-state index in [0.717, 1.165) is 12.1 Å². The molecule has 2 rings (SSSR count). The Kier molecular flexibility index (Phi) is 4.26. The van der Waals surface area contributed by atoms with Crippen molar-refractivity contribution in [2.45, 2.75) is 6.36 Å². The summed E-state index contributed by atoms with van der Waals surface area (Å²) in [5.74, 6) is -0.365. The van der Waals surface area contributed by atoms with Gasteiger partial charge in [0.2, 0.25) is 0 Å².